The molecule has 1 amide bonds. The number of amides is 1. The molecule has 0 radical (unpaired) electrons. The van der Waals surface area contributed by atoms with Crippen LogP contribution in [0.4, 0.5) is 0 Å². The molecule has 2 aliphatic rings. The molecule has 1 N–H and O–H groups in total. The summed E-state index contributed by atoms with van der Waals surface area (Å²) in [7, 11) is 2.10. The fraction of sp³-hybridized carbons (Fsp3) is 0.273. The minimum atomic E-state index is -0.150. The van der Waals surface area contributed by atoms with Crippen LogP contribution in [-0.2, 0) is 6.42 Å². The van der Waals surface area contributed by atoms with Crippen LogP contribution in [0.5, 0.6) is 11.5 Å². The average molecular weight is 627 g/mol. The third kappa shape index (κ3) is 4.97. The number of ether oxygens (including phenoxy) is 2. The SMILES string of the molecule is Cc1[nH]cnc1C(Cc1ccc2c(c1)OCO2)n1cc(C(=O)N2CCN(C)CC2)c(-c2cc(Br)cc3ccccc23)c1. The highest BCUT2D eigenvalue weighted by Crippen LogP contribution is 2.38. The van der Waals surface area contributed by atoms with Gasteiger partial charge in [0.15, 0.2) is 11.5 Å². The Kier molecular flexibility index (Phi) is 6.99. The van der Waals surface area contributed by atoms with Crippen LogP contribution < -0.4 is 9.47 Å². The van der Waals surface area contributed by atoms with Crippen LogP contribution in [0.25, 0.3) is 21.9 Å². The van der Waals surface area contributed by atoms with E-state index in [1.54, 1.807) is 6.33 Å². The minimum absolute atomic E-state index is 0.0569. The van der Waals surface area contributed by atoms with Crippen LogP contribution in [0, 0.1) is 6.92 Å². The molecule has 42 heavy (non-hydrogen) atoms. The Balaban J connectivity index is 1.37. The molecule has 214 valence electrons. The molecule has 0 aliphatic carbocycles. The number of hydrogen-bond acceptors (Lipinski definition) is 5. The lowest BCUT2D eigenvalue weighted by Crippen LogP contribution is -2.47. The van der Waals surface area contributed by atoms with Crippen molar-refractivity contribution in [2.45, 2.75) is 19.4 Å². The molecule has 5 aromatic rings. The van der Waals surface area contributed by atoms with E-state index in [-0.39, 0.29) is 18.7 Å². The van der Waals surface area contributed by atoms with Crippen LogP contribution in [-0.4, -0.2) is 70.3 Å². The first-order chi connectivity index (χ1) is 20.4. The largest absolute Gasteiger partial charge is 0.454 e. The van der Waals surface area contributed by atoms with E-state index in [1.807, 2.05) is 42.3 Å². The number of imidazole rings is 1. The van der Waals surface area contributed by atoms with Gasteiger partial charge in [0.25, 0.3) is 5.91 Å². The van der Waals surface area contributed by atoms with E-state index in [9.17, 15) is 4.79 Å². The van der Waals surface area contributed by atoms with Crippen LogP contribution >= 0.6 is 15.9 Å². The van der Waals surface area contributed by atoms with Crippen molar-refractivity contribution in [3.8, 4) is 22.6 Å². The smallest absolute Gasteiger partial charge is 0.256 e. The maximum absolute atomic E-state index is 14.2. The second kappa shape index (κ2) is 11.0. The quantitative estimate of drug-likeness (QED) is 0.249. The number of piperazine rings is 1. The van der Waals surface area contributed by atoms with Gasteiger partial charge in [-0.25, -0.2) is 4.98 Å². The summed E-state index contributed by atoms with van der Waals surface area (Å²) in [6.07, 6.45) is 6.55. The summed E-state index contributed by atoms with van der Waals surface area (Å²) >= 11 is 3.73. The molecule has 0 spiro atoms. The first-order valence-corrected chi connectivity index (χ1v) is 15.0. The highest BCUT2D eigenvalue weighted by atomic mass is 79.9. The summed E-state index contributed by atoms with van der Waals surface area (Å²) in [5, 5.41) is 2.22. The number of benzene rings is 3. The van der Waals surface area contributed by atoms with Gasteiger partial charge in [-0.15, -0.1) is 0 Å². The Labute approximate surface area is 253 Å². The summed E-state index contributed by atoms with van der Waals surface area (Å²) in [5.74, 6) is 1.57. The second-order valence-corrected chi connectivity index (χ2v) is 12.0. The van der Waals surface area contributed by atoms with E-state index in [0.29, 0.717) is 25.1 Å². The molecule has 1 fully saturated rings. The van der Waals surface area contributed by atoms with Gasteiger partial charge in [-0.3, -0.25) is 4.79 Å². The van der Waals surface area contributed by atoms with Crippen LogP contribution in [0.15, 0.2) is 77.8 Å². The number of nitrogens with zero attached hydrogens (tertiary/aromatic N) is 4. The Hall–Kier alpha value is -4.08. The summed E-state index contributed by atoms with van der Waals surface area (Å²) in [5.41, 5.74) is 5.67. The van der Waals surface area contributed by atoms with E-state index in [4.69, 9.17) is 14.5 Å². The first kappa shape index (κ1) is 26.8. The average Bonchev–Trinajstić information content (AvgIpc) is 3.75. The third-order valence-electron chi connectivity index (χ3n) is 8.39. The molecule has 1 atom stereocenters. The molecule has 3 aromatic carbocycles. The van der Waals surface area contributed by atoms with Crippen molar-refractivity contribution < 1.29 is 14.3 Å². The number of halogens is 1. The van der Waals surface area contributed by atoms with E-state index in [1.165, 1.54) is 0 Å². The summed E-state index contributed by atoms with van der Waals surface area (Å²) in [6.45, 7) is 5.41. The molecule has 1 saturated heterocycles. The van der Waals surface area contributed by atoms with Gasteiger partial charge in [-0.05, 0) is 66.6 Å². The number of fused-ring (bicyclic) bond motifs is 2. The number of H-pyrrole nitrogens is 1. The number of nitrogens with one attached hydrogen (secondary N) is 1. The maximum atomic E-state index is 14.2. The standard InChI is InChI=1S/C33H32BrN5O3/c1-21-32(36-19-35-21)29(13-22-7-8-30-31(14-22)42-20-41-30)39-17-27(26-16-24(34)15-23-5-3-4-6-25(23)26)28(18-39)33(40)38-11-9-37(2)10-12-38/h3-8,14-19,29H,9-13,20H2,1-2H3,(H,35,36). The second-order valence-electron chi connectivity index (χ2n) is 11.1. The molecule has 4 heterocycles. The minimum Gasteiger partial charge on any atom is -0.454 e. The lowest BCUT2D eigenvalue weighted by atomic mass is 9.97. The van der Waals surface area contributed by atoms with Gasteiger partial charge >= 0.3 is 0 Å². The molecular formula is C33H32BrN5O3. The molecule has 9 heteroatoms. The van der Waals surface area contributed by atoms with Gasteiger partial charge in [0.05, 0.1) is 23.6 Å². The number of carbonyl (C=O) groups excluding carboxylic acids is 1. The fourth-order valence-corrected chi connectivity index (χ4v) is 6.53. The summed E-state index contributed by atoms with van der Waals surface area (Å²) in [6, 6.07) is 18.5. The predicted octanol–water partition coefficient (Wildman–Crippen LogP) is 6.05. The van der Waals surface area contributed by atoms with Gasteiger partial charge in [0, 0.05) is 54.3 Å². The molecule has 7 rings (SSSR count). The van der Waals surface area contributed by atoms with Crippen molar-refractivity contribution in [2.75, 3.05) is 40.0 Å². The maximum Gasteiger partial charge on any atom is 0.256 e. The van der Waals surface area contributed by atoms with E-state index >= 15 is 0 Å². The molecular weight excluding hydrogens is 594 g/mol. The molecule has 2 aromatic heterocycles. The molecule has 1 unspecified atom stereocenters. The molecule has 8 nitrogen and oxygen atoms in total. The number of rotatable bonds is 6. The predicted molar refractivity (Wildman–Crippen MR) is 166 cm³/mol. The van der Waals surface area contributed by atoms with Crippen molar-refractivity contribution in [1.29, 1.82) is 0 Å². The molecule has 0 saturated carbocycles. The van der Waals surface area contributed by atoms with E-state index < -0.39 is 0 Å². The highest BCUT2D eigenvalue weighted by molar-refractivity contribution is 9.10. The van der Waals surface area contributed by atoms with Crippen molar-refractivity contribution >= 4 is 32.6 Å². The molecule has 2 aliphatic heterocycles. The van der Waals surface area contributed by atoms with Crippen LogP contribution in [0.3, 0.4) is 0 Å². The fourth-order valence-electron chi connectivity index (χ4n) is 6.06. The lowest BCUT2D eigenvalue weighted by Gasteiger charge is -2.32. The van der Waals surface area contributed by atoms with Gasteiger partial charge in [-0.1, -0.05) is 46.3 Å². The van der Waals surface area contributed by atoms with Crippen LogP contribution in [0.2, 0.25) is 0 Å². The van der Waals surface area contributed by atoms with Crippen LogP contribution in [0.1, 0.15) is 33.4 Å². The van der Waals surface area contributed by atoms with Crippen molar-refractivity contribution in [3.63, 3.8) is 0 Å². The topological polar surface area (TPSA) is 75.6 Å². The van der Waals surface area contributed by atoms with Gasteiger partial charge < -0.3 is 28.8 Å². The Morgan fingerprint density at radius 1 is 1.00 bits per heavy atom. The van der Waals surface area contributed by atoms with E-state index in [0.717, 1.165) is 67.9 Å². The third-order valence-corrected chi connectivity index (χ3v) is 8.85. The van der Waals surface area contributed by atoms with Gasteiger partial charge in [-0.2, -0.15) is 0 Å². The van der Waals surface area contributed by atoms with Gasteiger partial charge in [0.1, 0.15) is 0 Å². The van der Waals surface area contributed by atoms with E-state index in [2.05, 4.69) is 74.0 Å². The number of aryl methyl sites for hydroxylation is 1. The Bertz CT molecular complexity index is 1790. The Morgan fingerprint density at radius 3 is 2.62 bits per heavy atom. The number of aromatic amines is 1. The summed E-state index contributed by atoms with van der Waals surface area (Å²) < 4.78 is 14.4. The zero-order valence-electron chi connectivity index (χ0n) is 23.6. The van der Waals surface area contributed by atoms with Crippen molar-refractivity contribution in [2.24, 2.45) is 0 Å². The lowest BCUT2D eigenvalue weighted by molar-refractivity contribution is 0.0664. The number of hydrogen-bond donors (Lipinski definition) is 1. The summed E-state index contributed by atoms with van der Waals surface area (Å²) in [4.78, 5) is 26.5. The van der Waals surface area contributed by atoms with Crippen molar-refractivity contribution in [3.05, 3.63) is 100 Å². The zero-order valence-corrected chi connectivity index (χ0v) is 25.2. The molecule has 0 bridgehead atoms. The number of aromatic nitrogens is 3. The Morgan fingerprint density at radius 2 is 1.81 bits per heavy atom. The first-order valence-electron chi connectivity index (χ1n) is 14.2. The normalized spacial score (nSPS) is 15.8. The van der Waals surface area contributed by atoms with Gasteiger partial charge in [0.2, 0.25) is 6.79 Å². The number of carbonyl (C=O) groups is 1. The monoisotopic (exact) mass is 625 g/mol. The van der Waals surface area contributed by atoms with Crippen molar-refractivity contribution in [1.82, 2.24) is 24.3 Å². The zero-order chi connectivity index (χ0) is 28.8. The number of likely N-dealkylation sites (N-methyl/N-ethyl adjacent to an activating group) is 1. The highest BCUT2D eigenvalue weighted by Gasteiger charge is 2.28.